The van der Waals surface area contributed by atoms with Gasteiger partial charge in [0, 0.05) is 32.5 Å². The summed E-state index contributed by atoms with van der Waals surface area (Å²) in [5, 5.41) is 3.36. The molecule has 0 atom stereocenters. The van der Waals surface area contributed by atoms with Crippen LogP contribution in [-0.4, -0.2) is 29.3 Å². The highest BCUT2D eigenvalue weighted by Crippen LogP contribution is 2.11. The van der Waals surface area contributed by atoms with E-state index < -0.39 is 0 Å². The molecule has 1 aromatic heterocycles. The van der Waals surface area contributed by atoms with Gasteiger partial charge in [0.25, 0.3) is 0 Å². The average molecular weight is 225 g/mol. The fourth-order valence-electron chi connectivity index (χ4n) is 1.62. The van der Waals surface area contributed by atoms with Crippen molar-refractivity contribution in [3.8, 4) is 0 Å². The van der Waals surface area contributed by atoms with Crippen molar-refractivity contribution in [2.75, 3.05) is 19.0 Å². The monoisotopic (exact) mass is 225 g/mol. The molecule has 16 heavy (non-hydrogen) atoms. The molecular formula is C12H23N3O. The van der Waals surface area contributed by atoms with E-state index in [1.165, 1.54) is 0 Å². The largest absolute Gasteiger partial charge is 0.385 e. The van der Waals surface area contributed by atoms with Crippen molar-refractivity contribution in [1.82, 2.24) is 9.55 Å². The van der Waals surface area contributed by atoms with E-state index in [9.17, 15) is 0 Å². The fourth-order valence-corrected chi connectivity index (χ4v) is 1.62. The first kappa shape index (κ1) is 13.0. The van der Waals surface area contributed by atoms with Crippen molar-refractivity contribution in [3.05, 3.63) is 11.9 Å². The van der Waals surface area contributed by atoms with E-state index in [0.29, 0.717) is 6.04 Å². The Kier molecular flexibility index (Phi) is 5.32. The van der Waals surface area contributed by atoms with Crippen LogP contribution in [0, 0.1) is 6.92 Å². The number of hydrogen-bond donors (Lipinski definition) is 1. The third-order valence-corrected chi connectivity index (χ3v) is 2.31. The number of methoxy groups -OCH3 is 1. The van der Waals surface area contributed by atoms with E-state index >= 15 is 0 Å². The van der Waals surface area contributed by atoms with Crippen LogP contribution in [0.15, 0.2) is 6.20 Å². The first-order chi connectivity index (χ1) is 7.63. The normalized spacial score (nSPS) is 11.1. The Morgan fingerprint density at radius 3 is 2.81 bits per heavy atom. The maximum absolute atomic E-state index is 5.04. The highest BCUT2D eigenvalue weighted by atomic mass is 16.5. The Morgan fingerprint density at radius 2 is 2.19 bits per heavy atom. The van der Waals surface area contributed by atoms with Crippen LogP contribution in [0.3, 0.4) is 0 Å². The summed E-state index contributed by atoms with van der Waals surface area (Å²) in [5.74, 6) is 0.977. The van der Waals surface area contributed by atoms with Gasteiger partial charge in [-0.2, -0.15) is 0 Å². The van der Waals surface area contributed by atoms with Crippen molar-refractivity contribution >= 4 is 5.95 Å². The van der Waals surface area contributed by atoms with Gasteiger partial charge in [-0.3, -0.25) is 0 Å². The maximum Gasteiger partial charge on any atom is 0.203 e. The number of imidazole rings is 1. The van der Waals surface area contributed by atoms with Gasteiger partial charge < -0.3 is 14.6 Å². The molecule has 0 aliphatic heterocycles. The molecule has 0 saturated carbocycles. The zero-order valence-corrected chi connectivity index (χ0v) is 10.8. The van der Waals surface area contributed by atoms with E-state index in [2.05, 4.69) is 34.9 Å². The molecule has 0 saturated heterocycles. The third kappa shape index (κ3) is 4.23. The molecule has 0 aromatic carbocycles. The molecule has 0 amide bonds. The lowest BCUT2D eigenvalue weighted by atomic mass is 10.3. The van der Waals surface area contributed by atoms with Crippen molar-refractivity contribution in [1.29, 1.82) is 0 Å². The number of aromatic nitrogens is 2. The van der Waals surface area contributed by atoms with Crippen molar-refractivity contribution < 1.29 is 4.74 Å². The number of hydrogen-bond acceptors (Lipinski definition) is 3. The van der Waals surface area contributed by atoms with E-state index in [1.807, 2.05) is 6.92 Å². The minimum absolute atomic E-state index is 0.416. The topological polar surface area (TPSA) is 39.1 Å². The van der Waals surface area contributed by atoms with Gasteiger partial charge in [0.2, 0.25) is 5.95 Å². The molecule has 1 heterocycles. The summed E-state index contributed by atoms with van der Waals surface area (Å²) in [5.41, 5.74) is 1.06. The Morgan fingerprint density at radius 1 is 1.44 bits per heavy atom. The number of nitrogens with one attached hydrogen (secondary N) is 1. The molecule has 4 nitrogen and oxygen atoms in total. The number of aryl methyl sites for hydroxylation is 2. The zero-order valence-electron chi connectivity index (χ0n) is 10.8. The van der Waals surface area contributed by atoms with E-state index in [4.69, 9.17) is 4.74 Å². The van der Waals surface area contributed by atoms with Crippen LogP contribution >= 0.6 is 0 Å². The Bertz CT molecular complexity index is 307. The van der Waals surface area contributed by atoms with Gasteiger partial charge in [-0.25, -0.2) is 4.98 Å². The first-order valence-electron chi connectivity index (χ1n) is 5.92. The molecule has 0 bridgehead atoms. The lowest BCUT2D eigenvalue weighted by Crippen LogP contribution is -2.14. The molecule has 0 aliphatic carbocycles. The quantitative estimate of drug-likeness (QED) is 0.724. The zero-order chi connectivity index (χ0) is 12.0. The second kappa shape index (κ2) is 6.53. The molecule has 0 radical (unpaired) electrons. The molecule has 0 aliphatic rings. The second-order valence-electron chi connectivity index (χ2n) is 4.40. The van der Waals surface area contributed by atoms with Crippen molar-refractivity contribution in [2.45, 2.75) is 46.2 Å². The number of ether oxygens (including phenoxy) is 1. The van der Waals surface area contributed by atoms with E-state index in [-0.39, 0.29) is 0 Å². The van der Waals surface area contributed by atoms with Crippen molar-refractivity contribution in [3.63, 3.8) is 0 Å². The predicted molar refractivity (Wildman–Crippen MR) is 66.8 cm³/mol. The van der Waals surface area contributed by atoms with Gasteiger partial charge in [0.15, 0.2) is 0 Å². The van der Waals surface area contributed by atoms with Crippen molar-refractivity contribution in [2.24, 2.45) is 0 Å². The molecule has 1 aromatic rings. The number of unbranched alkanes of at least 4 members (excludes halogenated alkanes) is 1. The highest BCUT2D eigenvalue weighted by molar-refractivity contribution is 5.29. The lowest BCUT2D eigenvalue weighted by Gasteiger charge is -2.11. The summed E-state index contributed by atoms with van der Waals surface area (Å²) in [6.07, 6.45) is 4.31. The lowest BCUT2D eigenvalue weighted by molar-refractivity contribution is 0.191. The van der Waals surface area contributed by atoms with Crippen LogP contribution < -0.4 is 5.32 Å². The summed E-state index contributed by atoms with van der Waals surface area (Å²) in [6.45, 7) is 8.11. The summed E-state index contributed by atoms with van der Waals surface area (Å²) < 4.78 is 7.22. The number of anilines is 1. The van der Waals surface area contributed by atoms with Gasteiger partial charge in [-0.15, -0.1) is 0 Å². The first-order valence-corrected chi connectivity index (χ1v) is 5.92. The van der Waals surface area contributed by atoms with Crippen LogP contribution in [0.4, 0.5) is 5.95 Å². The highest BCUT2D eigenvalue weighted by Gasteiger charge is 2.05. The predicted octanol–water partition coefficient (Wildman–Crippen LogP) is 2.44. The molecule has 0 unspecified atom stereocenters. The minimum atomic E-state index is 0.416. The van der Waals surface area contributed by atoms with E-state index in [0.717, 1.165) is 37.6 Å². The minimum Gasteiger partial charge on any atom is -0.385 e. The summed E-state index contributed by atoms with van der Waals surface area (Å²) in [6, 6.07) is 0.416. The van der Waals surface area contributed by atoms with Crippen LogP contribution in [0.1, 0.15) is 32.4 Å². The third-order valence-electron chi connectivity index (χ3n) is 2.31. The standard InChI is InChI=1S/C12H23N3O/c1-10(2)13-12-14-11(3)9-15(12)7-5-6-8-16-4/h9-10H,5-8H2,1-4H3,(H,13,14). The summed E-state index contributed by atoms with van der Waals surface area (Å²) in [7, 11) is 1.74. The number of nitrogens with zero attached hydrogens (tertiary/aromatic N) is 2. The van der Waals surface area contributed by atoms with Gasteiger partial charge in [0.05, 0.1) is 5.69 Å². The summed E-state index contributed by atoms with van der Waals surface area (Å²) in [4.78, 5) is 4.47. The molecule has 1 N–H and O–H groups in total. The fraction of sp³-hybridized carbons (Fsp3) is 0.750. The van der Waals surface area contributed by atoms with Crippen LogP contribution in [-0.2, 0) is 11.3 Å². The number of rotatable bonds is 7. The molecular weight excluding hydrogens is 202 g/mol. The molecule has 4 heteroatoms. The Labute approximate surface area is 98.0 Å². The maximum atomic E-state index is 5.04. The molecule has 1 rings (SSSR count). The van der Waals surface area contributed by atoms with Crippen LogP contribution in [0.5, 0.6) is 0 Å². The summed E-state index contributed by atoms with van der Waals surface area (Å²) >= 11 is 0. The molecule has 92 valence electrons. The van der Waals surface area contributed by atoms with Crippen LogP contribution in [0.2, 0.25) is 0 Å². The SMILES string of the molecule is COCCCCn1cc(C)nc1NC(C)C. The van der Waals surface area contributed by atoms with Crippen LogP contribution in [0.25, 0.3) is 0 Å². The van der Waals surface area contributed by atoms with Gasteiger partial charge in [0.1, 0.15) is 0 Å². The van der Waals surface area contributed by atoms with E-state index in [1.54, 1.807) is 7.11 Å². The molecule has 0 fully saturated rings. The van der Waals surface area contributed by atoms with Gasteiger partial charge >= 0.3 is 0 Å². The smallest absolute Gasteiger partial charge is 0.203 e. The van der Waals surface area contributed by atoms with Gasteiger partial charge in [-0.1, -0.05) is 0 Å². The Hall–Kier alpha value is -1.03. The average Bonchev–Trinajstić information content (AvgIpc) is 2.53. The molecule has 0 spiro atoms. The van der Waals surface area contributed by atoms with Gasteiger partial charge in [-0.05, 0) is 33.6 Å². The Balaban J connectivity index is 2.50. The second-order valence-corrected chi connectivity index (χ2v) is 4.40.